The molecule has 0 amide bonds. The van der Waals surface area contributed by atoms with Gasteiger partial charge in [-0.25, -0.2) is 0 Å². The minimum absolute atomic E-state index is 0.419. The van der Waals surface area contributed by atoms with Crippen LogP contribution in [0.25, 0.3) is 0 Å². The number of hydrogen-bond acceptors (Lipinski definition) is 3. The molecule has 0 radical (unpaired) electrons. The summed E-state index contributed by atoms with van der Waals surface area (Å²) in [5, 5.41) is 5.85. The highest BCUT2D eigenvalue weighted by molar-refractivity contribution is 9.10. The van der Waals surface area contributed by atoms with Crippen LogP contribution in [0, 0.1) is 5.92 Å². The van der Waals surface area contributed by atoms with Gasteiger partial charge in [-0.05, 0) is 60.0 Å². The molecule has 17 heavy (non-hydrogen) atoms. The lowest BCUT2D eigenvalue weighted by atomic mass is 9.92. The first-order valence-electron chi connectivity index (χ1n) is 6.25. The zero-order chi connectivity index (χ0) is 12.3. The zero-order valence-electron chi connectivity index (χ0n) is 10.4. The highest BCUT2D eigenvalue weighted by Crippen LogP contribution is 2.30. The first-order valence-corrected chi connectivity index (χ1v) is 7.92. The molecule has 0 aliphatic carbocycles. The number of rotatable bonds is 4. The second kappa shape index (κ2) is 6.32. The molecule has 2 unspecified atom stereocenters. The SMILES string of the molecule is CC(NC(C)C1CCOCC1)c1sccc1Br. The van der Waals surface area contributed by atoms with E-state index in [9.17, 15) is 0 Å². The molecule has 1 aliphatic heterocycles. The van der Waals surface area contributed by atoms with E-state index in [2.05, 4.69) is 46.5 Å². The molecule has 1 saturated heterocycles. The van der Waals surface area contributed by atoms with Gasteiger partial charge in [-0.1, -0.05) is 0 Å². The van der Waals surface area contributed by atoms with E-state index >= 15 is 0 Å². The van der Waals surface area contributed by atoms with Gasteiger partial charge < -0.3 is 10.1 Å². The van der Waals surface area contributed by atoms with Crippen molar-refractivity contribution < 1.29 is 4.74 Å². The fourth-order valence-electron chi connectivity index (χ4n) is 2.44. The Bertz CT molecular complexity index is 349. The predicted octanol–water partition coefficient (Wildman–Crippen LogP) is 3.98. The summed E-state index contributed by atoms with van der Waals surface area (Å²) < 4.78 is 6.64. The lowest BCUT2D eigenvalue weighted by molar-refractivity contribution is 0.0547. The summed E-state index contributed by atoms with van der Waals surface area (Å²) in [4.78, 5) is 1.39. The van der Waals surface area contributed by atoms with Gasteiger partial charge in [0, 0.05) is 34.6 Å². The number of halogens is 1. The van der Waals surface area contributed by atoms with Gasteiger partial charge in [0.1, 0.15) is 0 Å². The largest absolute Gasteiger partial charge is 0.381 e. The molecule has 0 spiro atoms. The van der Waals surface area contributed by atoms with Crippen molar-refractivity contribution in [3.8, 4) is 0 Å². The van der Waals surface area contributed by atoms with Crippen LogP contribution in [0.15, 0.2) is 15.9 Å². The van der Waals surface area contributed by atoms with Crippen molar-refractivity contribution in [3.05, 3.63) is 20.8 Å². The Morgan fingerprint density at radius 3 is 2.71 bits per heavy atom. The molecular formula is C13H20BrNOS. The van der Waals surface area contributed by atoms with Gasteiger partial charge >= 0.3 is 0 Å². The van der Waals surface area contributed by atoms with Gasteiger partial charge in [-0.3, -0.25) is 0 Å². The Morgan fingerprint density at radius 2 is 2.12 bits per heavy atom. The first-order chi connectivity index (χ1) is 8.18. The van der Waals surface area contributed by atoms with Crippen molar-refractivity contribution in [2.75, 3.05) is 13.2 Å². The second-order valence-electron chi connectivity index (χ2n) is 4.76. The number of hydrogen-bond donors (Lipinski definition) is 1. The Morgan fingerprint density at radius 1 is 1.41 bits per heavy atom. The molecule has 1 N–H and O–H groups in total. The van der Waals surface area contributed by atoms with E-state index in [1.54, 1.807) is 0 Å². The molecule has 2 atom stereocenters. The Kier molecular flexibility index (Phi) is 5.03. The van der Waals surface area contributed by atoms with Crippen LogP contribution in [-0.4, -0.2) is 19.3 Å². The summed E-state index contributed by atoms with van der Waals surface area (Å²) >= 11 is 5.42. The third-order valence-corrected chi connectivity index (χ3v) is 5.58. The van der Waals surface area contributed by atoms with Gasteiger partial charge in [-0.2, -0.15) is 0 Å². The minimum atomic E-state index is 0.419. The van der Waals surface area contributed by atoms with E-state index in [1.807, 2.05) is 11.3 Å². The summed E-state index contributed by atoms with van der Waals surface area (Å²) in [6.45, 7) is 6.39. The maximum atomic E-state index is 5.41. The maximum absolute atomic E-state index is 5.41. The molecule has 0 bridgehead atoms. The highest BCUT2D eigenvalue weighted by Gasteiger charge is 2.22. The highest BCUT2D eigenvalue weighted by atomic mass is 79.9. The molecule has 1 aromatic heterocycles. The van der Waals surface area contributed by atoms with Crippen LogP contribution in [-0.2, 0) is 4.74 Å². The Labute approximate surface area is 116 Å². The van der Waals surface area contributed by atoms with Crippen LogP contribution in [0.2, 0.25) is 0 Å². The van der Waals surface area contributed by atoms with Crippen molar-refractivity contribution in [3.63, 3.8) is 0 Å². The standard InChI is InChI=1S/C13H20BrNOS/c1-9(11-3-6-16-7-4-11)15-10(2)13-12(14)5-8-17-13/h5,8-11,15H,3-4,6-7H2,1-2H3. The molecule has 2 nitrogen and oxygen atoms in total. The molecule has 2 rings (SSSR count). The fraction of sp³-hybridized carbons (Fsp3) is 0.692. The van der Waals surface area contributed by atoms with Gasteiger partial charge in [0.05, 0.1) is 0 Å². The van der Waals surface area contributed by atoms with Crippen LogP contribution in [0.3, 0.4) is 0 Å². The second-order valence-corrected chi connectivity index (χ2v) is 6.56. The molecule has 1 fully saturated rings. The monoisotopic (exact) mass is 317 g/mol. The lowest BCUT2D eigenvalue weighted by Crippen LogP contribution is -2.37. The van der Waals surface area contributed by atoms with Crippen molar-refractivity contribution in [1.82, 2.24) is 5.32 Å². The lowest BCUT2D eigenvalue weighted by Gasteiger charge is -2.30. The molecule has 4 heteroatoms. The molecular weight excluding hydrogens is 298 g/mol. The summed E-state index contributed by atoms with van der Waals surface area (Å²) in [5.74, 6) is 0.755. The molecule has 2 heterocycles. The Balaban J connectivity index is 1.89. The van der Waals surface area contributed by atoms with Crippen molar-refractivity contribution in [2.24, 2.45) is 5.92 Å². The average molecular weight is 318 g/mol. The van der Waals surface area contributed by atoms with Gasteiger partial charge in [-0.15, -0.1) is 11.3 Å². The third kappa shape index (κ3) is 3.53. The van der Waals surface area contributed by atoms with Crippen molar-refractivity contribution >= 4 is 27.3 Å². The van der Waals surface area contributed by atoms with Gasteiger partial charge in [0.15, 0.2) is 0 Å². The minimum Gasteiger partial charge on any atom is -0.381 e. The van der Waals surface area contributed by atoms with E-state index in [0.29, 0.717) is 12.1 Å². The molecule has 1 aliphatic rings. The smallest absolute Gasteiger partial charge is 0.0469 e. The first kappa shape index (κ1) is 13.5. The number of thiophene rings is 1. The van der Waals surface area contributed by atoms with Crippen LogP contribution < -0.4 is 5.32 Å². The van der Waals surface area contributed by atoms with E-state index in [1.165, 1.54) is 22.2 Å². The third-order valence-electron chi connectivity index (χ3n) is 3.52. The van der Waals surface area contributed by atoms with E-state index in [4.69, 9.17) is 4.74 Å². The summed E-state index contributed by atoms with van der Waals surface area (Å²) in [6.07, 6.45) is 2.37. The van der Waals surface area contributed by atoms with Crippen molar-refractivity contribution in [1.29, 1.82) is 0 Å². The van der Waals surface area contributed by atoms with Crippen LogP contribution in [0.1, 0.15) is 37.6 Å². The van der Waals surface area contributed by atoms with Crippen molar-refractivity contribution in [2.45, 2.75) is 38.8 Å². The van der Waals surface area contributed by atoms with E-state index < -0.39 is 0 Å². The number of nitrogens with one attached hydrogen (secondary N) is 1. The fourth-order valence-corrected chi connectivity index (χ4v) is 4.17. The van der Waals surface area contributed by atoms with Crippen LogP contribution >= 0.6 is 27.3 Å². The van der Waals surface area contributed by atoms with E-state index in [-0.39, 0.29) is 0 Å². The molecule has 96 valence electrons. The predicted molar refractivity (Wildman–Crippen MR) is 76.6 cm³/mol. The zero-order valence-corrected chi connectivity index (χ0v) is 12.8. The van der Waals surface area contributed by atoms with Gasteiger partial charge in [0.2, 0.25) is 0 Å². The molecule has 0 aromatic carbocycles. The summed E-state index contributed by atoms with van der Waals surface area (Å²) in [6, 6.07) is 3.10. The maximum Gasteiger partial charge on any atom is 0.0469 e. The van der Waals surface area contributed by atoms with Crippen LogP contribution in [0.4, 0.5) is 0 Å². The topological polar surface area (TPSA) is 21.3 Å². The molecule has 0 saturated carbocycles. The normalized spacial score (nSPS) is 21.4. The quantitative estimate of drug-likeness (QED) is 0.907. The summed E-state index contributed by atoms with van der Waals surface area (Å²) in [7, 11) is 0. The van der Waals surface area contributed by atoms with Crippen LogP contribution in [0.5, 0.6) is 0 Å². The molecule has 1 aromatic rings. The summed E-state index contributed by atoms with van der Waals surface area (Å²) in [5.41, 5.74) is 0. The Hall–Kier alpha value is 0.100. The number of ether oxygens (including phenoxy) is 1. The van der Waals surface area contributed by atoms with E-state index in [0.717, 1.165) is 19.1 Å². The average Bonchev–Trinajstić information content (AvgIpc) is 2.76. The van der Waals surface area contributed by atoms with Gasteiger partial charge in [0.25, 0.3) is 0 Å².